The molecule has 2 unspecified atom stereocenters. The number of aliphatic hydroxyl groups excluding tert-OH is 1. The molecule has 0 amide bonds. The van der Waals surface area contributed by atoms with Crippen molar-refractivity contribution in [2.75, 3.05) is 0 Å². The monoisotopic (exact) mass is 276 g/mol. The van der Waals surface area contributed by atoms with E-state index in [1.54, 1.807) is 0 Å². The number of aliphatic hydroxyl groups is 1. The SMILES string of the molecule is Cc1ccc(C(O)CC(C)c2ccccc2)c(F)c1F. The summed E-state index contributed by atoms with van der Waals surface area (Å²) in [4.78, 5) is 0. The highest BCUT2D eigenvalue weighted by atomic mass is 19.2. The standard InChI is InChI=1S/C17H18F2O/c1-11-8-9-14(17(19)16(11)18)15(20)10-12(2)13-6-4-3-5-7-13/h3-9,12,15,20H,10H2,1-2H3. The van der Waals surface area contributed by atoms with E-state index in [0.29, 0.717) is 6.42 Å². The largest absolute Gasteiger partial charge is 0.388 e. The van der Waals surface area contributed by atoms with Gasteiger partial charge < -0.3 is 5.11 Å². The van der Waals surface area contributed by atoms with Gasteiger partial charge in [-0.1, -0.05) is 49.4 Å². The fraction of sp³-hybridized carbons (Fsp3) is 0.294. The molecule has 0 aromatic heterocycles. The van der Waals surface area contributed by atoms with E-state index in [-0.39, 0.29) is 17.0 Å². The van der Waals surface area contributed by atoms with Gasteiger partial charge >= 0.3 is 0 Å². The Hall–Kier alpha value is -1.74. The lowest BCUT2D eigenvalue weighted by atomic mass is 9.92. The summed E-state index contributed by atoms with van der Waals surface area (Å²) in [5.41, 5.74) is 1.34. The second-order valence-corrected chi connectivity index (χ2v) is 5.16. The smallest absolute Gasteiger partial charge is 0.164 e. The number of rotatable bonds is 4. The molecular formula is C17H18F2O. The average molecular weight is 276 g/mol. The van der Waals surface area contributed by atoms with Crippen LogP contribution >= 0.6 is 0 Å². The zero-order valence-corrected chi connectivity index (χ0v) is 11.6. The fourth-order valence-corrected chi connectivity index (χ4v) is 2.30. The van der Waals surface area contributed by atoms with Crippen molar-refractivity contribution in [2.45, 2.75) is 32.3 Å². The molecule has 1 nitrogen and oxygen atoms in total. The first-order valence-corrected chi connectivity index (χ1v) is 6.68. The first kappa shape index (κ1) is 14.7. The van der Waals surface area contributed by atoms with Crippen molar-refractivity contribution in [1.82, 2.24) is 0 Å². The van der Waals surface area contributed by atoms with Crippen LogP contribution in [0.4, 0.5) is 8.78 Å². The van der Waals surface area contributed by atoms with E-state index in [1.807, 2.05) is 37.3 Å². The Morgan fingerprint density at radius 1 is 1.00 bits per heavy atom. The van der Waals surface area contributed by atoms with Crippen molar-refractivity contribution in [3.8, 4) is 0 Å². The van der Waals surface area contributed by atoms with Crippen LogP contribution in [-0.4, -0.2) is 5.11 Å². The van der Waals surface area contributed by atoms with Crippen molar-refractivity contribution < 1.29 is 13.9 Å². The minimum atomic E-state index is -1.01. The maximum atomic E-state index is 13.8. The molecule has 106 valence electrons. The molecule has 0 aliphatic heterocycles. The lowest BCUT2D eigenvalue weighted by Crippen LogP contribution is -2.07. The quantitative estimate of drug-likeness (QED) is 0.871. The summed E-state index contributed by atoms with van der Waals surface area (Å²) < 4.78 is 27.4. The molecule has 3 heteroatoms. The molecule has 0 aliphatic rings. The van der Waals surface area contributed by atoms with Crippen LogP contribution in [0.15, 0.2) is 42.5 Å². The van der Waals surface area contributed by atoms with Crippen molar-refractivity contribution in [2.24, 2.45) is 0 Å². The first-order valence-electron chi connectivity index (χ1n) is 6.68. The molecule has 20 heavy (non-hydrogen) atoms. The normalized spacial score (nSPS) is 14.1. The lowest BCUT2D eigenvalue weighted by Gasteiger charge is -2.18. The van der Waals surface area contributed by atoms with Crippen LogP contribution < -0.4 is 0 Å². The van der Waals surface area contributed by atoms with Crippen molar-refractivity contribution in [3.05, 3.63) is 70.8 Å². The van der Waals surface area contributed by atoms with E-state index in [9.17, 15) is 13.9 Å². The van der Waals surface area contributed by atoms with E-state index in [1.165, 1.54) is 19.1 Å². The van der Waals surface area contributed by atoms with Gasteiger partial charge in [0.2, 0.25) is 0 Å². The zero-order valence-electron chi connectivity index (χ0n) is 11.6. The Morgan fingerprint density at radius 2 is 1.65 bits per heavy atom. The number of aryl methyl sites for hydroxylation is 1. The predicted molar refractivity (Wildman–Crippen MR) is 75.5 cm³/mol. The molecule has 0 heterocycles. The minimum absolute atomic E-state index is 0.0240. The third-order valence-corrected chi connectivity index (χ3v) is 3.61. The third-order valence-electron chi connectivity index (χ3n) is 3.61. The van der Waals surface area contributed by atoms with Gasteiger partial charge in [-0.2, -0.15) is 0 Å². The minimum Gasteiger partial charge on any atom is -0.388 e. The second kappa shape index (κ2) is 6.14. The molecule has 2 aromatic carbocycles. The maximum absolute atomic E-state index is 13.8. The van der Waals surface area contributed by atoms with Crippen molar-refractivity contribution >= 4 is 0 Å². The molecule has 2 aromatic rings. The predicted octanol–water partition coefficient (Wildman–Crippen LogP) is 4.50. The molecule has 0 aliphatic carbocycles. The van der Waals surface area contributed by atoms with E-state index < -0.39 is 17.7 Å². The van der Waals surface area contributed by atoms with Gasteiger partial charge in [-0.15, -0.1) is 0 Å². The Kier molecular flexibility index (Phi) is 4.50. The summed E-state index contributed by atoms with van der Waals surface area (Å²) >= 11 is 0. The summed E-state index contributed by atoms with van der Waals surface area (Å²) in [7, 11) is 0. The van der Waals surface area contributed by atoms with Gasteiger partial charge in [0.15, 0.2) is 11.6 Å². The second-order valence-electron chi connectivity index (χ2n) is 5.16. The first-order chi connectivity index (χ1) is 9.50. The Morgan fingerprint density at radius 3 is 2.30 bits per heavy atom. The van der Waals surface area contributed by atoms with E-state index >= 15 is 0 Å². The summed E-state index contributed by atoms with van der Waals surface area (Å²) in [5.74, 6) is -1.76. The van der Waals surface area contributed by atoms with E-state index in [2.05, 4.69) is 0 Å². The number of benzene rings is 2. The zero-order chi connectivity index (χ0) is 14.7. The number of hydrogen-bond acceptors (Lipinski definition) is 1. The summed E-state index contributed by atoms with van der Waals surface area (Å²) in [5, 5.41) is 10.1. The van der Waals surface area contributed by atoms with Crippen LogP contribution in [0.1, 0.15) is 42.1 Å². The van der Waals surface area contributed by atoms with Gasteiger partial charge in [0.05, 0.1) is 6.10 Å². The molecular weight excluding hydrogens is 258 g/mol. The molecule has 0 radical (unpaired) electrons. The van der Waals surface area contributed by atoms with Crippen LogP contribution in [0.2, 0.25) is 0 Å². The Balaban J connectivity index is 2.17. The van der Waals surface area contributed by atoms with Crippen LogP contribution in [0.25, 0.3) is 0 Å². The van der Waals surface area contributed by atoms with Gasteiger partial charge in [-0.25, -0.2) is 8.78 Å². The summed E-state index contributed by atoms with van der Waals surface area (Å²) in [6.45, 7) is 3.46. The molecule has 0 spiro atoms. The molecule has 1 N–H and O–H groups in total. The van der Waals surface area contributed by atoms with Gasteiger partial charge in [-0.05, 0) is 30.4 Å². The molecule has 0 saturated heterocycles. The Bertz CT molecular complexity index is 581. The fourth-order valence-electron chi connectivity index (χ4n) is 2.30. The molecule has 0 bridgehead atoms. The summed E-state index contributed by atoms with van der Waals surface area (Å²) in [6.07, 6.45) is -0.663. The van der Waals surface area contributed by atoms with Gasteiger partial charge in [-0.3, -0.25) is 0 Å². The van der Waals surface area contributed by atoms with E-state index in [4.69, 9.17) is 0 Å². The lowest BCUT2D eigenvalue weighted by molar-refractivity contribution is 0.154. The van der Waals surface area contributed by atoms with Crippen LogP contribution in [0.5, 0.6) is 0 Å². The highest BCUT2D eigenvalue weighted by molar-refractivity contribution is 5.28. The summed E-state index contributed by atoms with van der Waals surface area (Å²) in [6, 6.07) is 12.6. The third kappa shape index (κ3) is 3.05. The average Bonchev–Trinajstić information content (AvgIpc) is 2.45. The molecule has 0 fully saturated rings. The maximum Gasteiger partial charge on any atom is 0.164 e. The Labute approximate surface area is 117 Å². The number of halogens is 2. The topological polar surface area (TPSA) is 20.2 Å². The molecule has 2 rings (SSSR count). The van der Waals surface area contributed by atoms with Crippen LogP contribution in [0.3, 0.4) is 0 Å². The molecule has 0 saturated carbocycles. The van der Waals surface area contributed by atoms with Crippen molar-refractivity contribution in [1.29, 1.82) is 0 Å². The highest BCUT2D eigenvalue weighted by Gasteiger charge is 2.20. The van der Waals surface area contributed by atoms with Crippen LogP contribution in [-0.2, 0) is 0 Å². The van der Waals surface area contributed by atoms with Gasteiger partial charge in [0.1, 0.15) is 0 Å². The molecule has 2 atom stereocenters. The van der Waals surface area contributed by atoms with Crippen LogP contribution in [0, 0.1) is 18.6 Å². The van der Waals surface area contributed by atoms with Gasteiger partial charge in [0, 0.05) is 5.56 Å². The highest BCUT2D eigenvalue weighted by Crippen LogP contribution is 2.30. The van der Waals surface area contributed by atoms with E-state index in [0.717, 1.165) is 5.56 Å². The van der Waals surface area contributed by atoms with Crippen molar-refractivity contribution in [3.63, 3.8) is 0 Å². The number of hydrogen-bond donors (Lipinski definition) is 1. The van der Waals surface area contributed by atoms with Gasteiger partial charge in [0.25, 0.3) is 0 Å².